The number of carbonyl (C=O) groups excluding carboxylic acids is 1. The van der Waals surface area contributed by atoms with E-state index < -0.39 is 5.97 Å². The Morgan fingerprint density at radius 1 is 1.42 bits per heavy atom. The van der Waals surface area contributed by atoms with Crippen molar-refractivity contribution in [3.05, 3.63) is 0 Å². The number of hydrogen-bond donors (Lipinski definition) is 1. The van der Waals surface area contributed by atoms with Crippen LogP contribution < -0.4 is 0 Å². The summed E-state index contributed by atoms with van der Waals surface area (Å²) in [6.45, 7) is 2.26. The molecule has 0 aromatic carbocycles. The van der Waals surface area contributed by atoms with Gasteiger partial charge in [0, 0.05) is 117 Å². The van der Waals surface area contributed by atoms with Crippen molar-refractivity contribution in [1.82, 2.24) is 0 Å². The fraction of sp³-hybridized carbons (Fsp3) is 0.500. The minimum Gasteiger partial charge on any atom is -0.655 e. The van der Waals surface area contributed by atoms with E-state index in [0.29, 0.717) is 0 Å². The maximum atomic E-state index is 9.00. The van der Waals surface area contributed by atoms with E-state index in [4.69, 9.17) is 14.7 Å². The van der Waals surface area contributed by atoms with Crippen LogP contribution in [0.1, 0.15) is 6.92 Å². The molecule has 0 atom stereocenters. The van der Waals surface area contributed by atoms with E-state index in [0.717, 1.165) is 6.92 Å². The van der Waals surface area contributed by atoms with Crippen LogP contribution in [0.2, 0.25) is 0 Å². The van der Waals surface area contributed by atoms with Crippen LogP contribution in [0.25, 0.3) is 0 Å². The molecule has 0 aromatic heterocycles. The van der Waals surface area contributed by atoms with Crippen LogP contribution in [0.3, 0.4) is 0 Å². The standard InChI is InChI=1S/C2H3O2.C2H4O2.I2.2Y/c1-4-2-3;1-2(3)4;1-2;;/h1H3;1H3,(H,3,4);;;/q-1;;;;. The molecule has 0 bridgehead atoms. The van der Waals surface area contributed by atoms with Gasteiger partial charge < -0.3 is 14.6 Å². The van der Waals surface area contributed by atoms with Gasteiger partial charge in [-0.05, 0) is 0 Å². The van der Waals surface area contributed by atoms with Gasteiger partial charge in [-0.15, -0.1) is 0 Å². The number of rotatable bonds is 1. The van der Waals surface area contributed by atoms with E-state index in [1.807, 2.05) is 0 Å². The van der Waals surface area contributed by atoms with Gasteiger partial charge in [0.15, 0.2) is 0 Å². The molecule has 0 fully saturated rings. The van der Waals surface area contributed by atoms with Crippen molar-refractivity contribution in [2.45, 2.75) is 6.92 Å². The van der Waals surface area contributed by atoms with Crippen LogP contribution in [0.4, 0.5) is 0 Å². The number of aliphatic carboxylic acids is 1. The average molecular weight is 551 g/mol. The third kappa shape index (κ3) is 131. The first kappa shape index (κ1) is 29.3. The van der Waals surface area contributed by atoms with Crippen LogP contribution in [0.15, 0.2) is 0 Å². The summed E-state index contributed by atoms with van der Waals surface area (Å²) in [5, 5.41) is 7.42. The third-order valence-electron chi connectivity index (χ3n) is 0.0833. The Morgan fingerprint density at radius 2 is 1.50 bits per heavy atom. The monoisotopic (exact) mass is 551 g/mol. The molecule has 0 unspecified atom stereocenters. The molecule has 0 saturated heterocycles. The number of carbonyl (C=O) groups is 1. The summed E-state index contributed by atoms with van der Waals surface area (Å²) < 4.78 is 3.74. The number of carboxylic acid groups (broad SMARTS) is 1. The van der Waals surface area contributed by atoms with Crippen molar-refractivity contribution < 1.29 is 84.9 Å². The van der Waals surface area contributed by atoms with Crippen molar-refractivity contribution in [3.8, 4) is 0 Å². The Kier molecular flexibility index (Phi) is 91.3. The molecule has 0 aliphatic rings. The predicted molar refractivity (Wildman–Crippen MR) is 54.1 cm³/mol. The Bertz CT molecular complexity index is 79.5. The van der Waals surface area contributed by atoms with E-state index in [9.17, 15) is 0 Å². The number of carboxylic acids is 1. The zero-order valence-corrected chi connectivity index (χ0v) is 16.6. The number of hydrogen-bond acceptors (Lipinski definition) is 3. The van der Waals surface area contributed by atoms with Crippen LogP contribution in [0, 0.1) is 0 Å². The van der Waals surface area contributed by atoms with Crippen LogP contribution in [0.5, 0.6) is 0 Å². The van der Waals surface area contributed by atoms with Gasteiger partial charge in [0.2, 0.25) is 0 Å². The molecule has 0 heterocycles. The van der Waals surface area contributed by atoms with Crippen LogP contribution in [-0.2, 0) is 79.7 Å². The Hall–Kier alpha value is 2.61. The van der Waals surface area contributed by atoms with Gasteiger partial charge in [0.05, 0.1) is 0 Å². The Morgan fingerprint density at radius 3 is 1.50 bits per heavy atom. The summed E-state index contributed by atoms with van der Waals surface area (Å²) in [5.74, 6) is -0.833. The molecule has 4 nitrogen and oxygen atoms in total. The predicted octanol–water partition coefficient (Wildman–Crippen LogP) is 1.56. The SMILES string of the molecule is CC(=O)O.CO[C-]=O.II.[Y].[Y]. The van der Waals surface area contributed by atoms with E-state index in [2.05, 4.69) is 42.0 Å². The average Bonchev–Trinajstić information content (AvgIpc) is 1.91. The quantitative estimate of drug-likeness (QED) is 0.398. The summed E-state index contributed by atoms with van der Waals surface area (Å²) in [4.78, 5) is 17.8. The van der Waals surface area contributed by atoms with E-state index in [1.54, 1.807) is 0 Å². The molecular formula is C4H7I2O4Y2-. The van der Waals surface area contributed by atoms with E-state index in [-0.39, 0.29) is 65.4 Å². The smallest absolute Gasteiger partial charge is 0.300 e. The molecular weight excluding hydrogens is 544 g/mol. The summed E-state index contributed by atoms with van der Waals surface area (Å²) >= 11 is 4.24. The first-order chi connectivity index (χ1) is 4.65. The Labute approximate surface area is 145 Å². The van der Waals surface area contributed by atoms with Crippen molar-refractivity contribution in [1.29, 1.82) is 0 Å². The maximum absolute atomic E-state index is 9.00. The first-order valence-corrected chi connectivity index (χ1v) is 8.17. The molecule has 12 heavy (non-hydrogen) atoms. The van der Waals surface area contributed by atoms with Gasteiger partial charge in [-0.3, -0.25) is 4.79 Å². The second kappa shape index (κ2) is 37.4. The molecule has 0 spiro atoms. The molecule has 0 aliphatic carbocycles. The second-order valence-electron chi connectivity index (χ2n) is 0.806. The van der Waals surface area contributed by atoms with E-state index in [1.165, 1.54) is 13.6 Å². The number of ether oxygens (including phenoxy) is 1. The molecule has 0 amide bonds. The largest absolute Gasteiger partial charge is 0.655 e. The van der Waals surface area contributed by atoms with Crippen molar-refractivity contribution >= 4 is 49.7 Å². The summed E-state index contributed by atoms with van der Waals surface area (Å²) in [7, 11) is 1.26. The maximum Gasteiger partial charge on any atom is 0.300 e. The molecule has 8 heteroatoms. The van der Waals surface area contributed by atoms with Crippen LogP contribution in [-0.4, -0.2) is 24.7 Å². The van der Waals surface area contributed by atoms with Crippen molar-refractivity contribution in [2.24, 2.45) is 0 Å². The minimum absolute atomic E-state index is 0. The molecule has 68 valence electrons. The second-order valence-corrected chi connectivity index (χ2v) is 0.806. The first-order valence-electron chi connectivity index (χ1n) is 1.89. The molecule has 0 aromatic rings. The molecule has 0 rings (SSSR count). The van der Waals surface area contributed by atoms with Gasteiger partial charge >= 0.3 is 0 Å². The molecule has 2 radical (unpaired) electrons. The minimum atomic E-state index is -0.833. The number of methoxy groups -OCH3 is 1. The van der Waals surface area contributed by atoms with Crippen molar-refractivity contribution in [3.63, 3.8) is 0 Å². The molecule has 1 N–H and O–H groups in total. The van der Waals surface area contributed by atoms with Gasteiger partial charge in [-0.1, -0.05) is 6.47 Å². The Balaban J connectivity index is -0.0000000198. The molecule has 0 saturated carbocycles. The van der Waals surface area contributed by atoms with E-state index >= 15 is 0 Å². The van der Waals surface area contributed by atoms with Gasteiger partial charge in [0.1, 0.15) is 0 Å². The normalized spacial score (nSPS) is 4.33. The van der Waals surface area contributed by atoms with Crippen LogP contribution >= 0.6 is 37.2 Å². The summed E-state index contributed by atoms with van der Waals surface area (Å²) in [5.41, 5.74) is 0. The van der Waals surface area contributed by atoms with Gasteiger partial charge in [-0.25, -0.2) is 0 Å². The van der Waals surface area contributed by atoms with Gasteiger partial charge in [0.25, 0.3) is 5.97 Å². The van der Waals surface area contributed by atoms with Gasteiger partial charge in [-0.2, -0.15) is 0 Å². The fourth-order valence-electron chi connectivity index (χ4n) is 0. The number of halogens is 2. The summed E-state index contributed by atoms with van der Waals surface area (Å²) in [6.07, 6.45) is 0. The zero-order chi connectivity index (χ0) is 8.99. The molecule has 0 aliphatic heterocycles. The topological polar surface area (TPSA) is 63.6 Å². The zero-order valence-electron chi connectivity index (χ0n) is 6.58. The van der Waals surface area contributed by atoms with Crippen molar-refractivity contribution in [2.75, 3.05) is 7.11 Å². The third-order valence-corrected chi connectivity index (χ3v) is 0.0833. The fourth-order valence-corrected chi connectivity index (χ4v) is 0. The summed E-state index contributed by atoms with van der Waals surface area (Å²) in [6, 6.07) is 0.